The van der Waals surface area contributed by atoms with Gasteiger partial charge in [-0.1, -0.05) is 12.1 Å². The van der Waals surface area contributed by atoms with Gasteiger partial charge < -0.3 is 42.3 Å². The maximum Gasteiger partial charge on any atom is 0.408 e. The molecule has 0 unspecified atom stereocenters. The molecule has 212 valence electrons. The molecule has 0 saturated carbocycles. The van der Waals surface area contributed by atoms with E-state index in [1.807, 2.05) is 0 Å². The second-order valence-corrected chi connectivity index (χ2v) is 9.63. The van der Waals surface area contributed by atoms with Crippen LogP contribution in [0.5, 0.6) is 0 Å². The number of carbonyl (C=O) groups excluding carboxylic acids is 4. The first-order chi connectivity index (χ1) is 18.3. The number of rotatable bonds is 13. The number of ether oxygens (including phenoxy) is 1. The number of nitrogens with zero attached hydrogens (tertiary/aromatic N) is 2. The van der Waals surface area contributed by atoms with Crippen LogP contribution in [-0.2, 0) is 20.7 Å². The fourth-order valence-electron chi connectivity index (χ4n) is 3.35. The van der Waals surface area contributed by atoms with Crippen molar-refractivity contribution < 1.29 is 28.3 Å². The standard InChI is InChI=1S/C25H36N8O6/c1-25(2,3)39-24(37)33-18(13-15-6-8-16(26)9-7-15)21(36)31-14-19(34)32-17(5-4-10-30-23(27)28)20(35)22-29-11-12-38-22/h6-9,11-12,17-18H,4-5,10,13-14,26H2,1-3H3,(H,31,36)(H,32,34)(H,33,37)(H4,27,28,30)/t17-,18+/m0/s1. The van der Waals surface area contributed by atoms with E-state index in [1.54, 1.807) is 45.0 Å². The highest BCUT2D eigenvalue weighted by Gasteiger charge is 2.27. The lowest BCUT2D eigenvalue weighted by Crippen LogP contribution is -2.52. The average molecular weight is 545 g/mol. The number of amides is 3. The fraction of sp³-hybridized carbons (Fsp3) is 0.440. The number of Topliss-reactive ketones (excluding diaryl/α,β-unsaturated/α-hetero) is 1. The number of oxazole rings is 1. The second-order valence-electron chi connectivity index (χ2n) is 9.63. The van der Waals surface area contributed by atoms with Gasteiger partial charge in [-0.3, -0.25) is 19.4 Å². The number of carbonyl (C=O) groups is 4. The molecule has 0 saturated heterocycles. The molecule has 0 spiro atoms. The molecule has 0 fully saturated rings. The molecule has 14 nitrogen and oxygen atoms in total. The van der Waals surface area contributed by atoms with Gasteiger partial charge in [0.25, 0.3) is 5.89 Å². The van der Waals surface area contributed by atoms with E-state index in [1.165, 1.54) is 12.5 Å². The van der Waals surface area contributed by atoms with E-state index in [9.17, 15) is 19.2 Å². The van der Waals surface area contributed by atoms with Gasteiger partial charge in [-0.15, -0.1) is 0 Å². The van der Waals surface area contributed by atoms with Crippen molar-refractivity contribution in [2.24, 2.45) is 16.5 Å². The van der Waals surface area contributed by atoms with Crippen molar-refractivity contribution >= 4 is 35.3 Å². The molecular weight excluding hydrogens is 508 g/mol. The second kappa shape index (κ2) is 14.4. The highest BCUT2D eigenvalue weighted by molar-refractivity contribution is 5.99. The van der Waals surface area contributed by atoms with Gasteiger partial charge in [-0.05, 0) is 51.3 Å². The number of aromatic nitrogens is 1. The maximum atomic E-state index is 13.0. The van der Waals surface area contributed by atoms with Gasteiger partial charge in [0.05, 0.1) is 18.8 Å². The van der Waals surface area contributed by atoms with Crippen LogP contribution in [0.1, 0.15) is 49.9 Å². The number of alkyl carbamates (subject to hydrolysis) is 1. The van der Waals surface area contributed by atoms with Crippen LogP contribution in [0.25, 0.3) is 0 Å². The highest BCUT2D eigenvalue weighted by Crippen LogP contribution is 2.11. The summed E-state index contributed by atoms with van der Waals surface area (Å²) in [6, 6.07) is 4.74. The number of anilines is 1. The number of ketones is 1. The first kappa shape index (κ1) is 30.6. The molecule has 3 amide bonds. The molecule has 1 heterocycles. The van der Waals surface area contributed by atoms with E-state index in [0.29, 0.717) is 12.1 Å². The van der Waals surface area contributed by atoms with Gasteiger partial charge >= 0.3 is 6.09 Å². The smallest absolute Gasteiger partial charge is 0.408 e. The Hall–Kier alpha value is -4.62. The van der Waals surface area contributed by atoms with Crippen molar-refractivity contribution in [1.82, 2.24) is 20.9 Å². The zero-order valence-electron chi connectivity index (χ0n) is 22.2. The third-order valence-electron chi connectivity index (χ3n) is 5.09. The predicted molar refractivity (Wildman–Crippen MR) is 143 cm³/mol. The van der Waals surface area contributed by atoms with Crippen LogP contribution in [0.3, 0.4) is 0 Å². The minimum atomic E-state index is -1.05. The first-order valence-electron chi connectivity index (χ1n) is 12.2. The molecular formula is C25H36N8O6. The number of hydrogen-bond acceptors (Lipinski definition) is 9. The summed E-state index contributed by atoms with van der Waals surface area (Å²) in [4.78, 5) is 58.5. The van der Waals surface area contributed by atoms with Crippen LogP contribution in [0.2, 0.25) is 0 Å². The summed E-state index contributed by atoms with van der Waals surface area (Å²) in [6.45, 7) is 4.86. The summed E-state index contributed by atoms with van der Waals surface area (Å²) in [7, 11) is 0. The lowest BCUT2D eigenvalue weighted by atomic mass is 10.0. The van der Waals surface area contributed by atoms with Gasteiger partial charge in [0.15, 0.2) is 5.96 Å². The molecule has 14 heteroatoms. The number of nitrogen functional groups attached to an aromatic ring is 1. The van der Waals surface area contributed by atoms with Crippen LogP contribution in [0.15, 0.2) is 46.1 Å². The lowest BCUT2D eigenvalue weighted by molar-refractivity contribution is -0.127. The summed E-state index contributed by atoms with van der Waals surface area (Å²) in [5.74, 6) is -2.07. The van der Waals surface area contributed by atoms with Gasteiger partial charge in [-0.25, -0.2) is 9.78 Å². The number of hydrogen-bond donors (Lipinski definition) is 6. The Balaban J connectivity index is 2.04. The summed E-state index contributed by atoms with van der Waals surface area (Å²) < 4.78 is 10.3. The molecule has 0 aliphatic heterocycles. The molecule has 39 heavy (non-hydrogen) atoms. The quantitative estimate of drug-likeness (QED) is 0.0660. The van der Waals surface area contributed by atoms with E-state index < -0.39 is 47.9 Å². The monoisotopic (exact) mass is 544 g/mol. The normalized spacial score (nSPS) is 12.5. The van der Waals surface area contributed by atoms with Crippen LogP contribution in [-0.4, -0.2) is 65.4 Å². The Morgan fingerprint density at radius 1 is 1.08 bits per heavy atom. The maximum absolute atomic E-state index is 13.0. The fourth-order valence-corrected chi connectivity index (χ4v) is 3.35. The molecule has 2 rings (SSSR count). The van der Waals surface area contributed by atoms with Crippen LogP contribution < -0.4 is 33.2 Å². The van der Waals surface area contributed by atoms with E-state index in [2.05, 4.69) is 25.9 Å². The Labute approximate surface area is 226 Å². The lowest BCUT2D eigenvalue weighted by Gasteiger charge is -2.23. The van der Waals surface area contributed by atoms with Crippen molar-refractivity contribution in [3.63, 3.8) is 0 Å². The Bertz CT molecular complexity index is 1140. The van der Waals surface area contributed by atoms with E-state index in [4.69, 9.17) is 26.4 Å². The predicted octanol–water partition coefficient (Wildman–Crippen LogP) is 0.230. The Morgan fingerprint density at radius 2 is 1.77 bits per heavy atom. The highest BCUT2D eigenvalue weighted by atomic mass is 16.6. The van der Waals surface area contributed by atoms with Gasteiger partial charge in [0, 0.05) is 18.7 Å². The molecule has 0 aliphatic rings. The molecule has 0 aliphatic carbocycles. The molecule has 2 aromatic rings. The van der Waals surface area contributed by atoms with Crippen molar-refractivity contribution in [2.45, 2.75) is 57.7 Å². The van der Waals surface area contributed by atoms with Crippen LogP contribution in [0.4, 0.5) is 10.5 Å². The summed E-state index contributed by atoms with van der Waals surface area (Å²) in [5, 5.41) is 7.60. The zero-order chi connectivity index (χ0) is 29.0. The number of benzene rings is 1. The van der Waals surface area contributed by atoms with E-state index in [-0.39, 0.29) is 31.2 Å². The molecule has 1 aromatic carbocycles. The molecule has 0 bridgehead atoms. The first-order valence-corrected chi connectivity index (χ1v) is 12.2. The van der Waals surface area contributed by atoms with Crippen molar-refractivity contribution in [1.29, 1.82) is 0 Å². The van der Waals surface area contributed by atoms with Gasteiger partial charge in [0.1, 0.15) is 17.9 Å². The SMILES string of the molecule is CC(C)(C)OC(=O)N[C@H](Cc1ccc(N)cc1)C(=O)NCC(=O)N[C@@H](CCCN=C(N)N)C(=O)c1ncco1. The largest absolute Gasteiger partial charge is 0.444 e. The van der Waals surface area contributed by atoms with E-state index in [0.717, 1.165) is 5.56 Å². The Morgan fingerprint density at radius 3 is 2.36 bits per heavy atom. The van der Waals surface area contributed by atoms with Crippen LogP contribution >= 0.6 is 0 Å². The molecule has 2 atom stereocenters. The summed E-state index contributed by atoms with van der Waals surface area (Å²) in [5.41, 5.74) is 16.9. The topological polar surface area (TPSA) is 230 Å². The van der Waals surface area contributed by atoms with Crippen molar-refractivity contribution in [3.8, 4) is 0 Å². The minimum Gasteiger partial charge on any atom is -0.444 e. The third-order valence-corrected chi connectivity index (χ3v) is 5.09. The summed E-state index contributed by atoms with van der Waals surface area (Å²) in [6.07, 6.45) is 2.45. The van der Waals surface area contributed by atoms with Crippen LogP contribution in [0, 0.1) is 0 Å². The van der Waals surface area contributed by atoms with E-state index >= 15 is 0 Å². The van der Waals surface area contributed by atoms with Gasteiger partial charge in [0.2, 0.25) is 17.6 Å². The molecule has 0 radical (unpaired) electrons. The number of guanidine groups is 1. The number of nitrogens with one attached hydrogen (secondary N) is 3. The van der Waals surface area contributed by atoms with Gasteiger partial charge in [-0.2, -0.15) is 0 Å². The number of aliphatic imine (C=N–C) groups is 1. The molecule has 9 N–H and O–H groups in total. The van der Waals surface area contributed by atoms with Crippen molar-refractivity contribution in [3.05, 3.63) is 48.2 Å². The summed E-state index contributed by atoms with van der Waals surface area (Å²) >= 11 is 0. The van der Waals surface area contributed by atoms with Crippen molar-refractivity contribution in [2.75, 3.05) is 18.8 Å². The average Bonchev–Trinajstić information content (AvgIpc) is 3.38. The number of nitrogens with two attached hydrogens (primary N) is 3. The Kier molecular flexibility index (Phi) is 11.3. The minimum absolute atomic E-state index is 0.0918. The third kappa shape index (κ3) is 11.5. The molecule has 1 aromatic heterocycles. The zero-order valence-corrected chi connectivity index (χ0v) is 22.2.